The minimum absolute atomic E-state index is 0.393. The molecule has 2 saturated heterocycles. The van der Waals surface area contributed by atoms with E-state index in [-0.39, 0.29) is 0 Å². The van der Waals surface area contributed by atoms with Crippen LogP contribution in [0.15, 0.2) is 24.3 Å². The van der Waals surface area contributed by atoms with Gasteiger partial charge < -0.3 is 14.4 Å². The molecular formula is C19H30N2O2. The molecule has 0 spiro atoms. The van der Waals surface area contributed by atoms with Crippen LogP contribution in [0.4, 0.5) is 0 Å². The van der Waals surface area contributed by atoms with Gasteiger partial charge >= 0.3 is 0 Å². The molecule has 4 heteroatoms. The summed E-state index contributed by atoms with van der Waals surface area (Å²) in [7, 11) is 1.72. The van der Waals surface area contributed by atoms with Gasteiger partial charge in [-0.25, -0.2) is 0 Å². The van der Waals surface area contributed by atoms with Gasteiger partial charge in [-0.3, -0.25) is 4.90 Å². The second-order valence-electron chi connectivity index (χ2n) is 6.87. The Morgan fingerprint density at radius 2 is 1.74 bits per heavy atom. The highest BCUT2D eigenvalue weighted by Crippen LogP contribution is 2.29. The van der Waals surface area contributed by atoms with Gasteiger partial charge in [0.2, 0.25) is 0 Å². The summed E-state index contributed by atoms with van der Waals surface area (Å²) in [4.78, 5) is 5.17. The van der Waals surface area contributed by atoms with E-state index in [4.69, 9.17) is 9.47 Å². The zero-order valence-corrected chi connectivity index (χ0v) is 14.5. The maximum atomic E-state index is 5.62. The van der Waals surface area contributed by atoms with Crippen LogP contribution in [-0.4, -0.2) is 68.9 Å². The smallest absolute Gasteiger partial charge is 0.118 e. The molecule has 0 aliphatic carbocycles. The fourth-order valence-corrected chi connectivity index (χ4v) is 3.74. The van der Waals surface area contributed by atoms with E-state index in [2.05, 4.69) is 41.0 Å². The number of likely N-dealkylation sites (tertiary alicyclic amines) is 1. The highest BCUT2D eigenvalue weighted by molar-refractivity contribution is 5.29. The Balaban J connectivity index is 1.41. The molecule has 4 nitrogen and oxygen atoms in total. The van der Waals surface area contributed by atoms with E-state index in [9.17, 15) is 0 Å². The van der Waals surface area contributed by atoms with Crippen molar-refractivity contribution in [3.05, 3.63) is 29.8 Å². The van der Waals surface area contributed by atoms with E-state index >= 15 is 0 Å². The van der Waals surface area contributed by atoms with Gasteiger partial charge in [-0.05, 0) is 56.5 Å². The van der Waals surface area contributed by atoms with Crippen LogP contribution in [0, 0.1) is 0 Å². The van der Waals surface area contributed by atoms with Crippen molar-refractivity contribution >= 4 is 0 Å². The number of ether oxygens (including phenoxy) is 2. The van der Waals surface area contributed by atoms with Gasteiger partial charge in [0, 0.05) is 26.2 Å². The molecule has 0 bridgehead atoms. The first-order valence-corrected chi connectivity index (χ1v) is 8.95. The van der Waals surface area contributed by atoms with Crippen LogP contribution in [0.2, 0.25) is 0 Å². The Morgan fingerprint density at radius 3 is 2.39 bits per heavy atom. The molecule has 2 aliphatic rings. The summed E-state index contributed by atoms with van der Waals surface area (Å²) >= 11 is 0. The molecule has 1 atom stereocenters. The third kappa shape index (κ3) is 4.69. The summed E-state index contributed by atoms with van der Waals surface area (Å²) < 4.78 is 10.9. The van der Waals surface area contributed by atoms with Crippen LogP contribution in [0.5, 0.6) is 5.75 Å². The van der Waals surface area contributed by atoms with Crippen LogP contribution in [0.3, 0.4) is 0 Å². The summed E-state index contributed by atoms with van der Waals surface area (Å²) in [5, 5.41) is 0. The Labute approximate surface area is 140 Å². The fourth-order valence-electron chi connectivity index (χ4n) is 3.74. The lowest BCUT2D eigenvalue weighted by Crippen LogP contribution is -2.45. The first-order valence-electron chi connectivity index (χ1n) is 8.95. The topological polar surface area (TPSA) is 24.9 Å². The van der Waals surface area contributed by atoms with Crippen molar-refractivity contribution in [2.24, 2.45) is 0 Å². The molecule has 2 heterocycles. The Morgan fingerprint density at radius 1 is 1.04 bits per heavy atom. The second kappa shape index (κ2) is 8.13. The Kier molecular flexibility index (Phi) is 5.92. The highest BCUT2D eigenvalue weighted by atomic mass is 16.5. The minimum Gasteiger partial charge on any atom is -0.497 e. The number of morpholine rings is 1. The minimum atomic E-state index is 0.393. The summed E-state index contributed by atoms with van der Waals surface area (Å²) in [5.41, 5.74) is 1.47. The summed E-state index contributed by atoms with van der Waals surface area (Å²) in [6, 6.07) is 8.63. The molecule has 2 aliphatic heterocycles. The quantitative estimate of drug-likeness (QED) is 0.833. The highest BCUT2D eigenvalue weighted by Gasteiger charge is 2.22. The second-order valence-corrected chi connectivity index (χ2v) is 6.87. The zero-order chi connectivity index (χ0) is 16.1. The third-order valence-electron chi connectivity index (χ3n) is 5.23. The molecule has 0 N–H and O–H groups in total. The van der Waals surface area contributed by atoms with Crippen LogP contribution < -0.4 is 4.74 Å². The third-order valence-corrected chi connectivity index (χ3v) is 5.23. The number of benzene rings is 1. The predicted octanol–water partition coefficient (Wildman–Crippen LogP) is 2.60. The first kappa shape index (κ1) is 16.7. The van der Waals surface area contributed by atoms with Gasteiger partial charge in [0.05, 0.1) is 19.8 Å². The standard InChI is InChI=1S/C19H30N2O2/c1-16-15-21(13-14-23-16)12-11-20-9-7-18(8-10-20)17-3-5-19(22-2)6-4-17/h3-6,16,18H,7-15H2,1-2H3/t16-/m1/s1. The van der Waals surface area contributed by atoms with E-state index in [1.54, 1.807) is 7.11 Å². The fraction of sp³-hybridized carbons (Fsp3) is 0.684. The zero-order valence-electron chi connectivity index (χ0n) is 14.5. The lowest BCUT2D eigenvalue weighted by Gasteiger charge is -2.36. The van der Waals surface area contributed by atoms with Gasteiger partial charge in [0.25, 0.3) is 0 Å². The average Bonchev–Trinajstić information content (AvgIpc) is 2.61. The largest absolute Gasteiger partial charge is 0.497 e. The molecule has 0 radical (unpaired) electrons. The summed E-state index contributed by atoms with van der Waals surface area (Å²) in [6.45, 7) is 10.1. The van der Waals surface area contributed by atoms with Gasteiger partial charge in [0.1, 0.15) is 5.75 Å². The van der Waals surface area contributed by atoms with Gasteiger partial charge in [0.15, 0.2) is 0 Å². The van der Waals surface area contributed by atoms with Crippen molar-refractivity contribution in [3.8, 4) is 5.75 Å². The van der Waals surface area contributed by atoms with Crippen molar-refractivity contribution in [1.82, 2.24) is 9.80 Å². The SMILES string of the molecule is COc1ccc(C2CCN(CCN3CCO[C@H](C)C3)CC2)cc1. The van der Waals surface area contributed by atoms with E-state index in [1.807, 2.05) is 0 Å². The number of nitrogens with zero attached hydrogens (tertiary/aromatic N) is 2. The molecule has 0 aromatic heterocycles. The maximum absolute atomic E-state index is 5.62. The van der Waals surface area contributed by atoms with Crippen molar-refractivity contribution in [2.75, 3.05) is 53.0 Å². The summed E-state index contributed by atoms with van der Waals surface area (Å²) in [6.07, 6.45) is 2.93. The molecule has 0 saturated carbocycles. The molecule has 1 aromatic rings. The van der Waals surface area contributed by atoms with Crippen molar-refractivity contribution in [2.45, 2.75) is 31.8 Å². The van der Waals surface area contributed by atoms with E-state index in [0.717, 1.165) is 25.4 Å². The normalized spacial score (nSPS) is 24.7. The monoisotopic (exact) mass is 318 g/mol. The van der Waals surface area contributed by atoms with Crippen molar-refractivity contribution in [1.29, 1.82) is 0 Å². The van der Waals surface area contributed by atoms with Gasteiger partial charge in [-0.2, -0.15) is 0 Å². The molecular weight excluding hydrogens is 288 g/mol. The van der Waals surface area contributed by atoms with Crippen LogP contribution in [0.25, 0.3) is 0 Å². The van der Waals surface area contributed by atoms with Crippen molar-refractivity contribution < 1.29 is 9.47 Å². The number of methoxy groups -OCH3 is 1. The van der Waals surface area contributed by atoms with Crippen LogP contribution >= 0.6 is 0 Å². The number of hydrogen-bond acceptors (Lipinski definition) is 4. The van der Waals surface area contributed by atoms with E-state index in [0.29, 0.717) is 12.0 Å². The summed E-state index contributed by atoms with van der Waals surface area (Å²) in [5.74, 6) is 1.66. The lowest BCUT2D eigenvalue weighted by atomic mass is 9.89. The number of rotatable bonds is 5. The predicted molar refractivity (Wildman–Crippen MR) is 93.3 cm³/mol. The molecule has 3 rings (SSSR count). The number of hydrogen-bond donors (Lipinski definition) is 0. The van der Waals surface area contributed by atoms with Crippen LogP contribution in [-0.2, 0) is 4.74 Å². The lowest BCUT2D eigenvalue weighted by molar-refractivity contribution is -0.0211. The van der Waals surface area contributed by atoms with Crippen LogP contribution in [0.1, 0.15) is 31.2 Å². The number of piperidine rings is 1. The van der Waals surface area contributed by atoms with E-state index < -0.39 is 0 Å². The molecule has 2 fully saturated rings. The van der Waals surface area contributed by atoms with Gasteiger partial charge in [-0.15, -0.1) is 0 Å². The molecule has 1 aromatic carbocycles. The average molecular weight is 318 g/mol. The van der Waals surface area contributed by atoms with Gasteiger partial charge in [-0.1, -0.05) is 12.1 Å². The Bertz CT molecular complexity index is 469. The first-order chi connectivity index (χ1) is 11.2. The maximum Gasteiger partial charge on any atom is 0.118 e. The molecule has 128 valence electrons. The van der Waals surface area contributed by atoms with Crippen molar-refractivity contribution in [3.63, 3.8) is 0 Å². The molecule has 23 heavy (non-hydrogen) atoms. The van der Waals surface area contributed by atoms with E-state index in [1.165, 1.54) is 44.6 Å². The molecule has 0 amide bonds. The Hall–Kier alpha value is -1.10. The molecule has 0 unspecified atom stereocenters.